The average molecular weight is 347 g/mol. The minimum Gasteiger partial charge on any atom is -0.490 e. The summed E-state index contributed by atoms with van der Waals surface area (Å²) in [6.07, 6.45) is 1.57. The van der Waals surface area contributed by atoms with Crippen LogP contribution < -0.4 is 9.47 Å². The lowest BCUT2D eigenvalue weighted by atomic mass is 10.0. The van der Waals surface area contributed by atoms with Crippen molar-refractivity contribution in [1.82, 2.24) is 0 Å². The second-order valence-corrected chi connectivity index (χ2v) is 5.33. The van der Waals surface area contributed by atoms with Crippen LogP contribution in [0.15, 0.2) is 42.5 Å². The van der Waals surface area contributed by atoms with E-state index in [9.17, 15) is 9.90 Å². The lowest BCUT2D eigenvalue weighted by Gasteiger charge is -2.13. The van der Waals surface area contributed by atoms with Crippen molar-refractivity contribution in [2.45, 2.75) is 13.8 Å². The standard InChI is InChI=1S/C19H19ClO4/c1-3-23-17-12-13(11-16(20)18(17)24-4-2)10-15(19(21)22)14-8-6-5-7-9-14/h5-12H,3-4H2,1-2H3,(H,21,22)/b15-10-. The number of halogens is 1. The fourth-order valence-corrected chi connectivity index (χ4v) is 2.55. The molecule has 0 atom stereocenters. The molecule has 2 rings (SSSR count). The van der Waals surface area contributed by atoms with E-state index in [0.29, 0.717) is 40.9 Å². The maximum atomic E-state index is 11.6. The maximum absolute atomic E-state index is 11.6. The summed E-state index contributed by atoms with van der Waals surface area (Å²) < 4.78 is 11.1. The highest BCUT2D eigenvalue weighted by Gasteiger charge is 2.14. The fourth-order valence-electron chi connectivity index (χ4n) is 2.27. The predicted molar refractivity (Wildman–Crippen MR) is 95.7 cm³/mol. The van der Waals surface area contributed by atoms with Crippen molar-refractivity contribution in [2.75, 3.05) is 13.2 Å². The minimum absolute atomic E-state index is 0.179. The van der Waals surface area contributed by atoms with Crippen LogP contribution in [0.2, 0.25) is 5.02 Å². The Hall–Kier alpha value is -2.46. The molecular weight excluding hydrogens is 328 g/mol. The second-order valence-electron chi connectivity index (χ2n) is 4.93. The summed E-state index contributed by atoms with van der Waals surface area (Å²) in [5, 5.41) is 9.89. The molecule has 0 bridgehead atoms. The summed E-state index contributed by atoms with van der Waals surface area (Å²) in [7, 11) is 0. The number of aliphatic carboxylic acids is 1. The van der Waals surface area contributed by atoms with Gasteiger partial charge in [-0.1, -0.05) is 41.9 Å². The quantitative estimate of drug-likeness (QED) is 0.580. The lowest BCUT2D eigenvalue weighted by molar-refractivity contribution is -0.130. The van der Waals surface area contributed by atoms with E-state index in [1.807, 2.05) is 19.9 Å². The zero-order valence-corrected chi connectivity index (χ0v) is 14.3. The lowest BCUT2D eigenvalue weighted by Crippen LogP contribution is -2.01. The summed E-state index contributed by atoms with van der Waals surface area (Å²) in [4.78, 5) is 11.6. The molecular formula is C19H19ClO4. The summed E-state index contributed by atoms with van der Waals surface area (Å²) in [6, 6.07) is 12.3. The molecule has 0 radical (unpaired) electrons. The van der Waals surface area contributed by atoms with Gasteiger partial charge in [0.1, 0.15) is 0 Å². The molecule has 0 fully saturated rings. The third-order valence-electron chi connectivity index (χ3n) is 3.25. The normalized spacial score (nSPS) is 11.2. The zero-order chi connectivity index (χ0) is 17.5. The number of carbonyl (C=O) groups is 1. The Kier molecular flexibility index (Phi) is 6.27. The van der Waals surface area contributed by atoms with Crippen LogP contribution in [0.1, 0.15) is 25.0 Å². The van der Waals surface area contributed by atoms with Gasteiger partial charge in [0.05, 0.1) is 23.8 Å². The molecule has 0 spiro atoms. The molecule has 2 aromatic carbocycles. The number of carboxylic acid groups (broad SMARTS) is 1. The van der Waals surface area contributed by atoms with Gasteiger partial charge in [0.15, 0.2) is 11.5 Å². The van der Waals surface area contributed by atoms with Crippen LogP contribution in [0.3, 0.4) is 0 Å². The summed E-state index contributed by atoms with van der Waals surface area (Å²) >= 11 is 6.28. The van der Waals surface area contributed by atoms with Crippen molar-refractivity contribution >= 4 is 29.2 Å². The predicted octanol–water partition coefficient (Wildman–Crippen LogP) is 4.76. The molecule has 0 heterocycles. The van der Waals surface area contributed by atoms with Gasteiger partial charge in [0.2, 0.25) is 0 Å². The van der Waals surface area contributed by atoms with Gasteiger partial charge in [-0.25, -0.2) is 4.79 Å². The van der Waals surface area contributed by atoms with E-state index in [2.05, 4.69) is 0 Å². The van der Waals surface area contributed by atoms with Crippen molar-refractivity contribution < 1.29 is 19.4 Å². The molecule has 0 saturated heterocycles. The Labute approximate surface area is 146 Å². The number of ether oxygens (including phenoxy) is 2. The first-order chi connectivity index (χ1) is 11.6. The van der Waals surface area contributed by atoms with E-state index in [1.165, 1.54) is 0 Å². The molecule has 2 aromatic rings. The first kappa shape index (κ1) is 17.9. The number of carboxylic acids is 1. The fraction of sp³-hybridized carbons (Fsp3) is 0.211. The minimum atomic E-state index is -1.01. The van der Waals surface area contributed by atoms with Gasteiger partial charge in [-0.2, -0.15) is 0 Å². The van der Waals surface area contributed by atoms with Crippen LogP contribution in [0, 0.1) is 0 Å². The monoisotopic (exact) mass is 346 g/mol. The van der Waals surface area contributed by atoms with Gasteiger partial charge in [-0.15, -0.1) is 0 Å². The van der Waals surface area contributed by atoms with Crippen LogP contribution in [0.4, 0.5) is 0 Å². The molecule has 0 saturated carbocycles. The zero-order valence-electron chi connectivity index (χ0n) is 13.6. The summed E-state index contributed by atoms with van der Waals surface area (Å²) in [5.41, 5.74) is 1.43. The second kappa shape index (κ2) is 8.41. The molecule has 0 aliphatic rings. The van der Waals surface area contributed by atoms with Crippen LogP contribution in [0.5, 0.6) is 11.5 Å². The molecule has 5 heteroatoms. The number of hydrogen-bond donors (Lipinski definition) is 1. The van der Waals surface area contributed by atoms with Crippen molar-refractivity contribution in [3.05, 3.63) is 58.6 Å². The summed E-state index contributed by atoms with van der Waals surface area (Å²) in [5.74, 6) is -0.0465. The van der Waals surface area contributed by atoms with Gasteiger partial charge in [-0.3, -0.25) is 0 Å². The van der Waals surface area contributed by atoms with E-state index < -0.39 is 5.97 Å². The molecule has 24 heavy (non-hydrogen) atoms. The van der Waals surface area contributed by atoms with Gasteiger partial charge in [0.25, 0.3) is 0 Å². The van der Waals surface area contributed by atoms with E-state index in [0.717, 1.165) is 0 Å². The van der Waals surface area contributed by atoms with Crippen molar-refractivity contribution in [1.29, 1.82) is 0 Å². The summed E-state index contributed by atoms with van der Waals surface area (Å²) in [6.45, 7) is 4.63. The van der Waals surface area contributed by atoms with Crippen LogP contribution in [0.25, 0.3) is 11.6 Å². The van der Waals surface area contributed by atoms with Gasteiger partial charge in [-0.05, 0) is 43.2 Å². The molecule has 0 unspecified atom stereocenters. The molecule has 0 aliphatic heterocycles. The Bertz CT molecular complexity index is 739. The number of rotatable bonds is 7. The first-order valence-corrected chi connectivity index (χ1v) is 8.04. The number of hydrogen-bond acceptors (Lipinski definition) is 3. The first-order valence-electron chi connectivity index (χ1n) is 7.66. The molecule has 0 aliphatic carbocycles. The number of benzene rings is 2. The Morgan fingerprint density at radius 1 is 1.12 bits per heavy atom. The Balaban J connectivity index is 2.52. The van der Waals surface area contributed by atoms with Gasteiger partial charge < -0.3 is 14.6 Å². The van der Waals surface area contributed by atoms with Crippen molar-refractivity contribution in [3.8, 4) is 11.5 Å². The molecule has 4 nitrogen and oxygen atoms in total. The van der Waals surface area contributed by atoms with Crippen LogP contribution in [-0.2, 0) is 4.79 Å². The van der Waals surface area contributed by atoms with Gasteiger partial charge >= 0.3 is 5.97 Å². The van der Waals surface area contributed by atoms with E-state index in [4.69, 9.17) is 21.1 Å². The topological polar surface area (TPSA) is 55.8 Å². The largest absolute Gasteiger partial charge is 0.490 e. The third-order valence-corrected chi connectivity index (χ3v) is 3.53. The maximum Gasteiger partial charge on any atom is 0.336 e. The van der Waals surface area contributed by atoms with Gasteiger partial charge in [0, 0.05) is 0 Å². The third kappa shape index (κ3) is 4.30. The van der Waals surface area contributed by atoms with Crippen LogP contribution >= 0.6 is 11.6 Å². The Morgan fingerprint density at radius 2 is 1.79 bits per heavy atom. The van der Waals surface area contributed by atoms with E-state index in [-0.39, 0.29) is 5.57 Å². The highest BCUT2D eigenvalue weighted by molar-refractivity contribution is 6.32. The van der Waals surface area contributed by atoms with Crippen molar-refractivity contribution in [2.24, 2.45) is 0 Å². The van der Waals surface area contributed by atoms with Crippen LogP contribution in [-0.4, -0.2) is 24.3 Å². The van der Waals surface area contributed by atoms with E-state index >= 15 is 0 Å². The highest BCUT2D eigenvalue weighted by atomic mass is 35.5. The Morgan fingerprint density at radius 3 is 2.38 bits per heavy atom. The SMILES string of the molecule is CCOc1cc(/C=C(\C(=O)O)c2ccccc2)cc(Cl)c1OCC. The smallest absolute Gasteiger partial charge is 0.336 e. The average Bonchev–Trinajstić information content (AvgIpc) is 2.56. The molecule has 0 amide bonds. The highest BCUT2D eigenvalue weighted by Crippen LogP contribution is 2.37. The molecule has 126 valence electrons. The molecule has 1 N–H and O–H groups in total. The van der Waals surface area contributed by atoms with Crippen molar-refractivity contribution in [3.63, 3.8) is 0 Å². The molecule has 0 aromatic heterocycles. The van der Waals surface area contributed by atoms with E-state index in [1.54, 1.807) is 42.5 Å².